The van der Waals surface area contributed by atoms with E-state index < -0.39 is 0 Å². The second-order valence-electron chi connectivity index (χ2n) is 9.73. The van der Waals surface area contributed by atoms with Crippen LogP contribution in [-0.2, 0) is 0 Å². The summed E-state index contributed by atoms with van der Waals surface area (Å²) in [7, 11) is 4.72. The number of fused-ring (bicyclic) bond motifs is 2. The van der Waals surface area contributed by atoms with Crippen molar-refractivity contribution in [3.8, 4) is 40.2 Å². The minimum Gasteiger partial charge on any atom is -0.493 e. The number of nitrogens with two attached hydrogens (primary N) is 1. The summed E-state index contributed by atoms with van der Waals surface area (Å²) in [5.74, 6) is 3.93. The van der Waals surface area contributed by atoms with Gasteiger partial charge in [0.2, 0.25) is 0 Å². The van der Waals surface area contributed by atoms with Gasteiger partial charge >= 0.3 is 0 Å². The SMILES string of the molecule is COc1ccc(Oc2cc(OCCCCOc3cc4c(cc3OC)C(=O)N3CCC[C@H]3C=N4)ccc2N)cc1OC. The van der Waals surface area contributed by atoms with Gasteiger partial charge in [0.15, 0.2) is 28.7 Å². The quantitative estimate of drug-likeness (QED) is 0.223. The molecule has 1 atom stereocenters. The van der Waals surface area contributed by atoms with Crippen molar-refractivity contribution in [1.29, 1.82) is 0 Å². The third-order valence-corrected chi connectivity index (χ3v) is 7.09. The lowest BCUT2D eigenvalue weighted by molar-refractivity contribution is 0.0774. The number of nitrogen functional groups attached to an aromatic ring is 1. The second-order valence-corrected chi connectivity index (χ2v) is 9.73. The van der Waals surface area contributed by atoms with Gasteiger partial charge in [0.05, 0.1) is 57.5 Å². The highest BCUT2D eigenvalue weighted by Crippen LogP contribution is 2.39. The van der Waals surface area contributed by atoms with E-state index in [0.29, 0.717) is 70.4 Å². The van der Waals surface area contributed by atoms with Crippen molar-refractivity contribution in [3.63, 3.8) is 0 Å². The molecular weight excluding hydrogens is 526 g/mol. The maximum atomic E-state index is 13.0. The first kappa shape index (κ1) is 27.9. The predicted octanol–water partition coefficient (Wildman–Crippen LogP) is 5.65. The first-order chi connectivity index (χ1) is 20.0. The number of carbonyl (C=O) groups excluding carboxylic acids is 1. The van der Waals surface area contributed by atoms with Crippen LogP contribution in [0.4, 0.5) is 11.4 Å². The molecule has 0 saturated carbocycles. The van der Waals surface area contributed by atoms with Gasteiger partial charge in [-0.3, -0.25) is 9.79 Å². The van der Waals surface area contributed by atoms with E-state index in [1.54, 1.807) is 69.9 Å². The van der Waals surface area contributed by atoms with Crippen molar-refractivity contribution >= 4 is 23.5 Å². The maximum absolute atomic E-state index is 13.0. The molecule has 0 unspecified atom stereocenters. The van der Waals surface area contributed by atoms with E-state index in [2.05, 4.69) is 4.99 Å². The molecule has 216 valence electrons. The summed E-state index contributed by atoms with van der Waals surface area (Å²) < 4.78 is 34.1. The number of hydrogen-bond donors (Lipinski definition) is 1. The molecule has 41 heavy (non-hydrogen) atoms. The van der Waals surface area contributed by atoms with Crippen LogP contribution >= 0.6 is 0 Å². The molecule has 10 heteroatoms. The molecule has 2 heterocycles. The fourth-order valence-electron chi connectivity index (χ4n) is 4.90. The Bertz CT molecular complexity index is 1430. The van der Waals surface area contributed by atoms with E-state index in [1.807, 2.05) is 11.1 Å². The largest absolute Gasteiger partial charge is 0.493 e. The third-order valence-electron chi connectivity index (χ3n) is 7.09. The topological polar surface area (TPSA) is 114 Å². The molecule has 0 spiro atoms. The zero-order valence-corrected chi connectivity index (χ0v) is 23.6. The van der Waals surface area contributed by atoms with Gasteiger partial charge in [0.1, 0.15) is 11.5 Å². The molecule has 0 aliphatic carbocycles. The van der Waals surface area contributed by atoms with Crippen LogP contribution in [0.15, 0.2) is 53.5 Å². The van der Waals surface area contributed by atoms with Crippen molar-refractivity contribution < 1.29 is 33.2 Å². The summed E-state index contributed by atoms with van der Waals surface area (Å²) in [6, 6.07) is 14.2. The van der Waals surface area contributed by atoms with Crippen LogP contribution in [0.5, 0.6) is 40.2 Å². The lowest BCUT2D eigenvalue weighted by Gasteiger charge is -2.20. The van der Waals surface area contributed by atoms with Crippen LogP contribution in [-0.4, -0.2) is 64.2 Å². The molecule has 5 rings (SSSR count). The Hall–Kier alpha value is -4.60. The highest BCUT2D eigenvalue weighted by molar-refractivity contribution is 6.03. The molecule has 1 saturated heterocycles. The molecule has 0 aromatic heterocycles. The first-order valence-electron chi connectivity index (χ1n) is 13.6. The Morgan fingerprint density at radius 3 is 2.32 bits per heavy atom. The normalized spacial score (nSPS) is 15.5. The molecule has 2 aliphatic rings. The second kappa shape index (κ2) is 12.7. The summed E-state index contributed by atoms with van der Waals surface area (Å²) in [5.41, 5.74) is 7.77. The molecule has 0 radical (unpaired) electrons. The van der Waals surface area contributed by atoms with Crippen LogP contribution < -0.4 is 34.2 Å². The standard InChI is InChI=1S/C31H35N3O7/c1-36-26-11-9-22(16-28(26)37-2)41-27-15-21(8-10-24(27)32)39-13-4-5-14-40-30-18-25-23(17-29(30)38-3)31(35)34-12-6-7-20(34)19-33-25/h8-11,15-20H,4-7,12-14,32H2,1-3H3/t20-/m0/s1. The minimum atomic E-state index is -0.0121. The maximum Gasteiger partial charge on any atom is 0.256 e. The number of aliphatic imine (C=N–C) groups is 1. The van der Waals surface area contributed by atoms with E-state index in [9.17, 15) is 4.79 Å². The van der Waals surface area contributed by atoms with Crippen molar-refractivity contribution in [1.82, 2.24) is 4.90 Å². The van der Waals surface area contributed by atoms with Gasteiger partial charge in [0.25, 0.3) is 5.91 Å². The lowest BCUT2D eigenvalue weighted by atomic mass is 10.1. The van der Waals surface area contributed by atoms with Crippen molar-refractivity contribution in [2.24, 2.45) is 4.99 Å². The molecule has 1 amide bonds. The molecule has 3 aromatic carbocycles. The Kier molecular flexibility index (Phi) is 8.67. The number of rotatable bonds is 12. The van der Waals surface area contributed by atoms with Gasteiger partial charge in [-0.05, 0) is 56.0 Å². The van der Waals surface area contributed by atoms with Crippen molar-refractivity contribution in [2.45, 2.75) is 31.7 Å². The molecule has 2 N–H and O–H groups in total. The zero-order valence-electron chi connectivity index (χ0n) is 23.6. The van der Waals surface area contributed by atoms with E-state index >= 15 is 0 Å². The van der Waals surface area contributed by atoms with E-state index in [4.69, 9.17) is 34.2 Å². The van der Waals surface area contributed by atoms with Gasteiger partial charge in [-0.2, -0.15) is 0 Å². The van der Waals surface area contributed by atoms with Gasteiger partial charge in [-0.1, -0.05) is 0 Å². The van der Waals surface area contributed by atoms with Crippen LogP contribution in [0.3, 0.4) is 0 Å². The van der Waals surface area contributed by atoms with Crippen LogP contribution in [0.2, 0.25) is 0 Å². The number of methoxy groups -OCH3 is 3. The van der Waals surface area contributed by atoms with Gasteiger partial charge in [-0.25, -0.2) is 0 Å². The molecular formula is C31H35N3O7. The third kappa shape index (κ3) is 6.26. The fourth-order valence-corrected chi connectivity index (χ4v) is 4.90. The highest BCUT2D eigenvalue weighted by Gasteiger charge is 2.32. The Morgan fingerprint density at radius 2 is 1.54 bits per heavy atom. The average Bonchev–Trinajstić information content (AvgIpc) is 3.43. The molecule has 1 fully saturated rings. The molecule has 10 nitrogen and oxygen atoms in total. The first-order valence-corrected chi connectivity index (χ1v) is 13.6. The van der Waals surface area contributed by atoms with Gasteiger partial charge in [-0.15, -0.1) is 0 Å². The number of ether oxygens (including phenoxy) is 6. The number of carbonyl (C=O) groups is 1. The lowest BCUT2D eigenvalue weighted by Crippen LogP contribution is -2.35. The average molecular weight is 562 g/mol. The summed E-state index contributed by atoms with van der Waals surface area (Å²) >= 11 is 0. The molecule has 0 bridgehead atoms. The number of hydrogen-bond acceptors (Lipinski definition) is 9. The highest BCUT2D eigenvalue weighted by atomic mass is 16.5. The van der Waals surface area contributed by atoms with E-state index in [1.165, 1.54) is 0 Å². The Balaban J connectivity index is 1.13. The van der Waals surface area contributed by atoms with Crippen LogP contribution in [0.1, 0.15) is 36.0 Å². The number of anilines is 1. The zero-order chi connectivity index (χ0) is 28.8. The summed E-state index contributed by atoms with van der Waals surface area (Å²) in [5, 5.41) is 0. The van der Waals surface area contributed by atoms with E-state index in [-0.39, 0.29) is 11.9 Å². The number of nitrogens with zero attached hydrogens (tertiary/aromatic N) is 2. The number of benzene rings is 3. The van der Waals surface area contributed by atoms with E-state index in [0.717, 1.165) is 32.2 Å². The smallest absolute Gasteiger partial charge is 0.256 e. The fraction of sp³-hybridized carbons (Fsp3) is 0.355. The number of amides is 1. The summed E-state index contributed by atoms with van der Waals surface area (Å²) in [6.45, 7) is 1.70. The summed E-state index contributed by atoms with van der Waals surface area (Å²) in [6.07, 6.45) is 5.31. The monoisotopic (exact) mass is 561 g/mol. The van der Waals surface area contributed by atoms with Gasteiger partial charge < -0.3 is 39.1 Å². The Morgan fingerprint density at radius 1 is 0.829 bits per heavy atom. The minimum absolute atomic E-state index is 0.0121. The summed E-state index contributed by atoms with van der Waals surface area (Å²) in [4.78, 5) is 19.5. The molecule has 3 aromatic rings. The van der Waals surface area contributed by atoms with Crippen LogP contribution in [0, 0.1) is 0 Å². The predicted molar refractivity (Wildman–Crippen MR) is 156 cm³/mol. The Labute approximate surface area is 239 Å². The molecule has 2 aliphatic heterocycles. The van der Waals surface area contributed by atoms with Gasteiger partial charge in [0, 0.05) is 31.0 Å². The van der Waals surface area contributed by atoms with Crippen molar-refractivity contribution in [2.75, 3.05) is 46.8 Å². The van der Waals surface area contributed by atoms with Crippen molar-refractivity contribution in [3.05, 3.63) is 54.1 Å². The number of unbranched alkanes of at least 4 members (excludes halogenated alkanes) is 1. The van der Waals surface area contributed by atoms with Crippen LogP contribution in [0.25, 0.3) is 0 Å².